The number of H-pyrrole nitrogens is 2. The molecule has 3 aromatic heterocycles. The number of rotatable bonds is 5. The van der Waals surface area contributed by atoms with Crippen LogP contribution in [0.3, 0.4) is 0 Å². The number of nitrogen functional groups attached to an aromatic ring is 1. The smallest absolute Gasteiger partial charge is 0.203 e. The zero-order valence-electron chi connectivity index (χ0n) is 18.6. The summed E-state index contributed by atoms with van der Waals surface area (Å²) in [5.41, 5.74) is 13.5. The predicted octanol–water partition coefficient (Wildman–Crippen LogP) is 5.40. The van der Waals surface area contributed by atoms with Gasteiger partial charge in [-0.25, -0.2) is 14.8 Å². The topological polar surface area (TPSA) is 114 Å². The molecule has 0 aliphatic rings. The number of anilines is 1. The number of pyridine rings is 1. The van der Waals surface area contributed by atoms with Gasteiger partial charge in [-0.05, 0) is 40.5 Å². The van der Waals surface area contributed by atoms with E-state index in [9.17, 15) is 0 Å². The van der Waals surface area contributed by atoms with E-state index < -0.39 is 0 Å². The minimum absolute atomic E-state index is 0.0878. The van der Waals surface area contributed by atoms with Gasteiger partial charge in [0.15, 0.2) is 5.69 Å². The molecule has 0 spiro atoms. The van der Waals surface area contributed by atoms with Gasteiger partial charge in [-0.3, -0.25) is 0 Å². The van der Waals surface area contributed by atoms with Crippen molar-refractivity contribution in [2.24, 2.45) is 0 Å². The number of benzene rings is 3. The molecule has 0 saturated carbocycles. The lowest BCUT2D eigenvalue weighted by molar-refractivity contribution is 0.771. The second-order valence-corrected chi connectivity index (χ2v) is 8.35. The largest absolute Gasteiger partial charge is 0.384 e. The van der Waals surface area contributed by atoms with E-state index in [1.54, 1.807) is 0 Å². The van der Waals surface area contributed by atoms with Crippen LogP contribution in [0, 0.1) is 6.57 Å². The van der Waals surface area contributed by atoms with E-state index in [4.69, 9.17) is 17.3 Å². The van der Waals surface area contributed by atoms with E-state index in [2.05, 4.69) is 42.4 Å². The standard InChI is InChI=1S/C27H20N8/c1-29-18-12-20(17-10-6-3-7-11-17)25-22(13-18)30-24(32-25)15-19(16-8-4-2-5-9-16)21-14-23(28)31-27-26(21)33-35-34-27/h2-14,19H,15H2,(H,30,32)(H3,28,31,33,34,35)/t19-/m1/s1. The maximum absolute atomic E-state index is 7.56. The van der Waals surface area contributed by atoms with Crippen LogP contribution in [0.25, 0.3) is 38.2 Å². The van der Waals surface area contributed by atoms with E-state index in [1.165, 1.54) is 0 Å². The zero-order valence-corrected chi connectivity index (χ0v) is 18.6. The number of aromatic nitrogens is 6. The second kappa shape index (κ2) is 8.39. The van der Waals surface area contributed by atoms with Crippen LogP contribution in [0.1, 0.15) is 22.9 Å². The molecule has 6 aromatic rings. The third kappa shape index (κ3) is 3.75. The Balaban J connectivity index is 1.51. The molecule has 3 aromatic carbocycles. The Morgan fingerprint density at radius 3 is 2.43 bits per heavy atom. The first-order valence-electron chi connectivity index (χ1n) is 11.2. The molecule has 8 nitrogen and oxygen atoms in total. The first-order chi connectivity index (χ1) is 17.2. The van der Waals surface area contributed by atoms with Crippen LogP contribution in [-0.4, -0.2) is 30.4 Å². The summed E-state index contributed by atoms with van der Waals surface area (Å²) in [5.74, 6) is 1.11. The zero-order chi connectivity index (χ0) is 23.8. The van der Waals surface area contributed by atoms with Crippen molar-refractivity contribution < 1.29 is 0 Å². The van der Waals surface area contributed by atoms with Gasteiger partial charge < -0.3 is 10.7 Å². The summed E-state index contributed by atoms with van der Waals surface area (Å²) in [5, 5.41) is 11.2. The summed E-state index contributed by atoms with van der Waals surface area (Å²) in [7, 11) is 0. The number of nitrogens with one attached hydrogen (secondary N) is 2. The van der Waals surface area contributed by atoms with Crippen LogP contribution in [0.2, 0.25) is 0 Å². The molecule has 6 rings (SSSR count). The maximum Gasteiger partial charge on any atom is 0.203 e. The molecule has 3 heterocycles. The van der Waals surface area contributed by atoms with Gasteiger partial charge in [0.05, 0.1) is 17.6 Å². The van der Waals surface area contributed by atoms with Crippen LogP contribution in [0.15, 0.2) is 78.9 Å². The van der Waals surface area contributed by atoms with Gasteiger partial charge >= 0.3 is 0 Å². The second-order valence-electron chi connectivity index (χ2n) is 8.35. The summed E-state index contributed by atoms with van der Waals surface area (Å²) in [6, 6.07) is 25.8. The number of hydrogen-bond donors (Lipinski definition) is 3. The van der Waals surface area contributed by atoms with Gasteiger partial charge in [-0.1, -0.05) is 60.7 Å². The van der Waals surface area contributed by atoms with Crippen LogP contribution < -0.4 is 5.73 Å². The molecule has 8 heteroatoms. The van der Waals surface area contributed by atoms with Crippen molar-refractivity contribution in [2.75, 3.05) is 5.73 Å². The minimum Gasteiger partial charge on any atom is -0.384 e. The molecular formula is C27H20N8. The molecule has 0 aliphatic carbocycles. The third-order valence-electron chi connectivity index (χ3n) is 6.15. The van der Waals surface area contributed by atoms with Crippen molar-refractivity contribution in [3.63, 3.8) is 0 Å². The summed E-state index contributed by atoms with van der Waals surface area (Å²) < 4.78 is 0. The average Bonchev–Trinajstić information content (AvgIpc) is 3.53. The summed E-state index contributed by atoms with van der Waals surface area (Å²) in [6.45, 7) is 7.56. The van der Waals surface area contributed by atoms with Crippen molar-refractivity contribution in [1.29, 1.82) is 0 Å². The molecule has 0 aliphatic heterocycles. The molecule has 0 bridgehead atoms. The summed E-state index contributed by atoms with van der Waals surface area (Å²) >= 11 is 0. The first kappa shape index (κ1) is 20.6. The minimum atomic E-state index is -0.0878. The van der Waals surface area contributed by atoms with Crippen LogP contribution in [-0.2, 0) is 6.42 Å². The van der Waals surface area contributed by atoms with Crippen molar-refractivity contribution in [2.45, 2.75) is 12.3 Å². The van der Waals surface area contributed by atoms with Crippen LogP contribution in [0.5, 0.6) is 0 Å². The number of nitrogens with zero attached hydrogens (tertiary/aromatic N) is 5. The lowest BCUT2D eigenvalue weighted by Crippen LogP contribution is -2.08. The molecule has 35 heavy (non-hydrogen) atoms. The van der Waals surface area contributed by atoms with Gasteiger partial charge in [0.2, 0.25) is 5.65 Å². The van der Waals surface area contributed by atoms with Gasteiger partial charge in [-0.15, -0.1) is 5.10 Å². The normalized spacial score (nSPS) is 12.1. The molecule has 168 valence electrons. The molecule has 0 fully saturated rings. The number of imidazole rings is 1. The molecule has 4 N–H and O–H groups in total. The highest BCUT2D eigenvalue weighted by molar-refractivity contribution is 5.95. The quantitative estimate of drug-likeness (QED) is 0.300. The molecular weight excluding hydrogens is 436 g/mol. The van der Waals surface area contributed by atoms with Gasteiger partial charge in [-0.2, -0.15) is 10.3 Å². The van der Waals surface area contributed by atoms with Crippen molar-refractivity contribution in [3.05, 3.63) is 107 Å². The Morgan fingerprint density at radius 2 is 1.66 bits per heavy atom. The lowest BCUT2D eigenvalue weighted by Gasteiger charge is -2.17. The lowest BCUT2D eigenvalue weighted by atomic mass is 9.88. The fourth-order valence-electron chi connectivity index (χ4n) is 4.58. The maximum atomic E-state index is 7.56. The van der Waals surface area contributed by atoms with Crippen molar-refractivity contribution >= 4 is 33.7 Å². The Bertz CT molecular complexity index is 1690. The monoisotopic (exact) mass is 456 g/mol. The average molecular weight is 457 g/mol. The van der Waals surface area contributed by atoms with Crippen molar-refractivity contribution in [3.8, 4) is 11.1 Å². The molecule has 0 saturated heterocycles. The SMILES string of the molecule is [C-]#[N+]c1cc(-c2ccccc2)c2nc(C[C@H](c3ccccc3)c3cc(N)nc4n[nH]nc34)[nH]c2c1. The predicted molar refractivity (Wildman–Crippen MR) is 136 cm³/mol. The van der Waals surface area contributed by atoms with E-state index in [-0.39, 0.29) is 5.92 Å². The fraction of sp³-hybridized carbons (Fsp3) is 0.0741. The van der Waals surface area contributed by atoms with E-state index in [1.807, 2.05) is 66.7 Å². The fourth-order valence-corrected chi connectivity index (χ4v) is 4.58. The highest BCUT2D eigenvalue weighted by atomic mass is 15.3. The summed E-state index contributed by atoms with van der Waals surface area (Å²) in [6.07, 6.45) is 0.575. The molecule has 0 unspecified atom stereocenters. The molecule has 0 radical (unpaired) electrons. The highest BCUT2D eigenvalue weighted by Crippen LogP contribution is 2.35. The van der Waals surface area contributed by atoms with Crippen LogP contribution >= 0.6 is 0 Å². The number of fused-ring (bicyclic) bond motifs is 2. The van der Waals surface area contributed by atoms with Crippen molar-refractivity contribution in [1.82, 2.24) is 30.4 Å². The third-order valence-corrected chi connectivity index (χ3v) is 6.15. The van der Waals surface area contributed by atoms with Crippen LogP contribution in [0.4, 0.5) is 11.5 Å². The Kier molecular flexibility index (Phi) is 4.93. The first-order valence-corrected chi connectivity index (χ1v) is 11.2. The number of nitrogens with two attached hydrogens (primary N) is 1. The highest BCUT2D eigenvalue weighted by Gasteiger charge is 2.23. The Morgan fingerprint density at radius 1 is 0.886 bits per heavy atom. The van der Waals surface area contributed by atoms with Gasteiger partial charge in [0.1, 0.15) is 17.2 Å². The Labute approximate surface area is 200 Å². The number of aromatic amines is 2. The van der Waals surface area contributed by atoms with E-state index in [0.717, 1.165) is 39.1 Å². The Hall–Kier alpha value is -5.03. The molecule has 1 atom stereocenters. The van der Waals surface area contributed by atoms with E-state index in [0.29, 0.717) is 29.1 Å². The number of hydrogen-bond acceptors (Lipinski definition) is 5. The summed E-state index contributed by atoms with van der Waals surface area (Å²) in [4.78, 5) is 16.4. The molecule has 0 amide bonds. The van der Waals surface area contributed by atoms with Gasteiger partial charge in [0.25, 0.3) is 0 Å². The van der Waals surface area contributed by atoms with E-state index >= 15 is 0 Å². The van der Waals surface area contributed by atoms with Gasteiger partial charge in [0, 0.05) is 12.3 Å².